The molecule has 132 valence electrons. The highest BCUT2D eigenvalue weighted by Gasteiger charge is 2.11. The van der Waals surface area contributed by atoms with Crippen molar-refractivity contribution in [3.05, 3.63) is 64.1 Å². The minimum Gasteiger partial charge on any atom is -0.481 e. The number of rotatable bonds is 6. The molecule has 0 radical (unpaired) electrons. The Balaban J connectivity index is 2.13. The van der Waals surface area contributed by atoms with Crippen molar-refractivity contribution in [1.82, 2.24) is 0 Å². The summed E-state index contributed by atoms with van der Waals surface area (Å²) in [7, 11) is 1.28. The number of esters is 1. The van der Waals surface area contributed by atoms with Gasteiger partial charge in [-0.2, -0.15) is 5.26 Å². The van der Waals surface area contributed by atoms with Gasteiger partial charge in [-0.3, -0.25) is 4.79 Å². The molecule has 0 fully saturated rings. The lowest BCUT2D eigenvalue weighted by Gasteiger charge is -2.08. The SMILES string of the molecule is COC(=O)COc1ccc(/C=C(\C#N)C(=O)Nc2ccccc2)cc1Br. The molecule has 2 aromatic carbocycles. The number of hydrogen-bond acceptors (Lipinski definition) is 5. The van der Waals surface area contributed by atoms with Crippen molar-refractivity contribution in [2.75, 3.05) is 19.0 Å². The van der Waals surface area contributed by atoms with E-state index < -0.39 is 11.9 Å². The van der Waals surface area contributed by atoms with E-state index in [1.54, 1.807) is 42.5 Å². The predicted molar refractivity (Wildman–Crippen MR) is 100 cm³/mol. The van der Waals surface area contributed by atoms with Crippen LogP contribution in [0.5, 0.6) is 5.75 Å². The predicted octanol–water partition coefficient (Wildman–Crippen LogP) is 3.55. The summed E-state index contributed by atoms with van der Waals surface area (Å²) in [6.45, 7) is -0.215. The fourth-order valence-corrected chi connectivity index (χ4v) is 2.47. The highest BCUT2D eigenvalue weighted by molar-refractivity contribution is 9.10. The maximum atomic E-state index is 12.2. The lowest BCUT2D eigenvalue weighted by Crippen LogP contribution is -2.13. The Morgan fingerprint density at radius 2 is 1.96 bits per heavy atom. The number of halogens is 1. The molecule has 0 aliphatic carbocycles. The van der Waals surface area contributed by atoms with Crippen LogP contribution in [0.25, 0.3) is 6.08 Å². The van der Waals surface area contributed by atoms with E-state index in [0.29, 0.717) is 21.5 Å². The van der Waals surface area contributed by atoms with Crippen LogP contribution in [0, 0.1) is 11.3 Å². The van der Waals surface area contributed by atoms with Gasteiger partial charge in [0.2, 0.25) is 0 Å². The number of nitrogens with zero attached hydrogens (tertiary/aromatic N) is 1. The van der Waals surface area contributed by atoms with Gasteiger partial charge in [0.15, 0.2) is 6.61 Å². The van der Waals surface area contributed by atoms with Gasteiger partial charge in [-0.05, 0) is 51.8 Å². The quantitative estimate of drug-likeness (QED) is 0.443. The number of anilines is 1. The van der Waals surface area contributed by atoms with Crippen LogP contribution in [0.4, 0.5) is 5.69 Å². The second-order valence-corrected chi connectivity index (χ2v) is 5.90. The Morgan fingerprint density at radius 3 is 2.58 bits per heavy atom. The minimum atomic E-state index is -0.499. The topological polar surface area (TPSA) is 88.4 Å². The first kappa shape index (κ1) is 19.2. The molecule has 0 aromatic heterocycles. The van der Waals surface area contributed by atoms with Crippen molar-refractivity contribution in [3.63, 3.8) is 0 Å². The van der Waals surface area contributed by atoms with Crippen LogP contribution in [-0.2, 0) is 14.3 Å². The van der Waals surface area contributed by atoms with Crippen LogP contribution in [-0.4, -0.2) is 25.6 Å². The summed E-state index contributed by atoms with van der Waals surface area (Å²) in [6.07, 6.45) is 1.47. The average molecular weight is 415 g/mol. The first-order valence-electron chi connectivity index (χ1n) is 7.51. The molecule has 2 aromatic rings. The van der Waals surface area contributed by atoms with Gasteiger partial charge < -0.3 is 14.8 Å². The van der Waals surface area contributed by atoms with Crippen LogP contribution in [0.1, 0.15) is 5.56 Å². The van der Waals surface area contributed by atoms with Gasteiger partial charge in [0, 0.05) is 5.69 Å². The molecule has 1 amide bonds. The normalized spacial score (nSPS) is 10.6. The van der Waals surface area contributed by atoms with E-state index in [9.17, 15) is 14.9 Å². The number of amides is 1. The van der Waals surface area contributed by atoms with E-state index >= 15 is 0 Å². The summed E-state index contributed by atoms with van der Waals surface area (Å²) >= 11 is 3.33. The minimum absolute atomic E-state index is 0.0380. The molecule has 0 spiro atoms. The first-order chi connectivity index (χ1) is 12.5. The van der Waals surface area contributed by atoms with Crippen LogP contribution in [0.3, 0.4) is 0 Å². The third kappa shape index (κ3) is 5.46. The highest BCUT2D eigenvalue weighted by Crippen LogP contribution is 2.27. The summed E-state index contributed by atoms with van der Waals surface area (Å²) in [5.41, 5.74) is 1.19. The lowest BCUT2D eigenvalue weighted by molar-refractivity contribution is -0.142. The molecule has 0 aliphatic heterocycles. The molecule has 0 saturated heterocycles. The molecule has 2 rings (SSSR count). The summed E-state index contributed by atoms with van der Waals surface area (Å²) in [5, 5.41) is 11.9. The van der Waals surface area contributed by atoms with Crippen molar-refractivity contribution in [3.8, 4) is 11.8 Å². The fraction of sp³-hybridized carbons (Fsp3) is 0.105. The number of nitrogens with one attached hydrogen (secondary N) is 1. The molecule has 0 atom stereocenters. The van der Waals surface area contributed by atoms with Gasteiger partial charge in [0.05, 0.1) is 11.6 Å². The van der Waals surface area contributed by atoms with Crippen LogP contribution < -0.4 is 10.1 Å². The fourth-order valence-electron chi connectivity index (χ4n) is 1.95. The molecular formula is C19H15BrN2O4. The molecule has 1 N–H and O–H groups in total. The zero-order valence-electron chi connectivity index (χ0n) is 13.9. The van der Waals surface area contributed by atoms with Gasteiger partial charge in [0.1, 0.15) is 17.4 Å². The Kier molecular flexibility index (Phi) is 6.94. The van der Waals surface area contributed by atoms with Gasteiger partial charge in [-0.1, -0.05) is 24.3 Å². The summed E-state index contributed by atoms with van der Waals surface area (Å²) < 4.78 is 10.4. The number of ether oxygens (including phenoxy) is 2. The molecular weight excluding hydrogens is 400 g/mol. The van der Waals surface area contributed by atoms with Crippen LogP contribution in [0.2, 0.25) is 0 Å². The largest absolute Gasteiger partial charge is 0.481 e. The van der Waals surface area contributed by atoms with Gasteiger partial charge in [0.25, 0.3) is 5.91 Å². The van der Waals surface area contributed by atoms with E-state index in [1.165, 1.54) is 13.2 Å². The van der Waals surface area contributed by atoms with Crippen molar-refractivity contribution in [2.24, 2.45) is 0 Å². The smallest absolute Gasteiger partial charge is 0.343 e. The second kappa shape index (κ2) is 9.39. The van der Waals surface area contributed by atoms with Crippen LogP contribution in [0.15, 0.2) is 58.6 Å². The maximum absolute atomic E-state index is 12.2. The number of benzene rings is 2. The zero-order chi connectivity index (χ0) is 18.9. The van der Waals surface area contributed by atoms with Gasteiger partial charge in [-0.25, -0.2) is 4.79 Å². The van der Waals surface area contributed by atoms with Crippen molar-refractivity contribution in [2.45, 2.75) is 0 Å². The molecule has 0 unspecified atom stereocenters. The molecule has 0 heterocycles. The molecule has 0 bridgehead atoms. The number of methoxy groups -OCH3 is 1. The Hall–Kier alpha value is -3.11. The maximum Gasteiger partial charge on any atom is 0.343 e. The molecule has 26 heavy (non-hydrogen) atoms. The number of hydrogen-bond donors (Lipinski definition) is 1. The number of nitriles is 1. The standard InChI is InChI=1S/C19H15BrN2O4/c1-25-18(23)12-26-17-8-7-13(10-16(17)20)9-14(11-21)19(24)22-15-5-3-2-4-6-15/h2-10H,12H2,1H3,(H,22,24)/b14-9+. The first-order valence-corrected chi connectivity index (χ1v) is 8.30. The average Bonchev–Trinajstić information content (AvgIpc) is 2.65. The molecule has 7 heteroatoms. The highest BCUT2D eigenvalue weighted by atomic mass is 79.9. The number of para-hydroxylation sites is 1. The summed E-state index contributed by atoms with van der Waals surface area (Å²) in [4.78, 5) is 23.3. The van der Waals surface area contributed by atoms with Gasteiger partial charge >= 0.3 is 5.97 Å². The van der Waals surface area contributed by atoms with Crippen molar-refractivity contribution < 1.29 is 19.1 Å². The van der Waals surface area contributed by atoms with Crippen molar-refractivity contribution in [1.29, 1.82) is 5.26 Å². The number of carbonyl (C=O) groups excluding carboxylic acids is 2. The summed E-state index contributed by atoms with van der Waals surface area (Å²) in [5.74, 6) is -0.550. The molecule has 0 saturated carbocycles. The zero-order valence-corrected chi connectivity index (χ0v) is 15.4. The second-order valence-electron chi connectivity index (χ2n) is 5.04. The monoisotopic (exact) mass is 414 g/mol. The van der Waals surface area contributed by atoms with Crippen molar-refractivity contribution >= 4 is 39.6 Å². The van der Waals surface area contributed by atoms with E-state index in [-0.39, 0.29) is 12.2 Å². The van der Waals surface area contributed by atoms with Gasteiger partial charge in [-0.15, -0.1) is 0 Å². The molecule has 6 nitrogen and oxygen atoms in total. The third-order valence-electron chi connectivity index (χ3n) is 3.24. The number of carbonyl (C=O) groups is 2. The third-order valence-corrected chi connectivity index (χ3v) is 3.86. The van der Waals surface area contributed by atoms with E-state index in [1.807, 2.05) is 12.1 Å². The summed E-state index contributed by atoms with van der Waals surface area (Å²) in [6, 6.07) is 15.7. The lowest BCUT2D eigenvalue weighted by atomic mass is 10.1. The molecule has 0 aliphatic rings. The Morgan fingerprint density at radius 1 is 1.23 bits per heavy atom. The van der Waals surface area contributed by atoms with Crippen LogP contribution >= 0.6 is 15.9 Å². The Labute approximate surface area is 159 Å². The van der Waals surface area contributed by atoms with E-state index in [4.69, 9.17) is 4.74 Å². The van der Waals surface area contributed by atoms with E-state index in [0.717, 1.165) is 0 Å². The Bertz CT molecular complexity index is 873. The van der Waals surface area contributed by atoms with E-state index in [2.05, 4.69) is 26.0 Å².